The van der Waals surface area contributed by atoms with Gasteiger partial charge in [0, 0.05) is 38.3 Å². The van der Waals surface area contributed by atoms with Crippen molar-refractivity contribution in [3.05, 3.63) is 29.3 Å². The van der Waals surface area contributed by atoms with Crippen LogP contribution in [0.2, 0.25) is 0 Å². The summed E-state index contributed by atoms with van der Waals surface area (Å²) in [7, 11) is -1.28. The predicted molar refractivity (Wildman–Crippen MR) is 131 cm³/mol. The standard InChI is InChI=1S/C25H36N4O3S/c1-28-15-6-10-21-19(9-5-11-22(21)28)12-18-33(31,32)29-16-13-25(14-17-29)24(30)26-23(27-25)20-7-3-2-4-8-20/h5,9,11,20H,2-4,6-8,10,12-18H2,1H3,(H,26,27,30). The minimum atomic E-state index is -3.38. The zero-order valence-electron chi connectivity index (χ0n) is 19.7. The van der Waals surface area contributed by atoms with E-state index < -0.39 is 15.6 Å². The summed E-state index contributed by atoms with van der Waals surface area (Å²) in [6, 6.07) is 6.24. The van der Waals surface area contributed by atoms with E-state index in [1.807, 2.05) is 6.07 Å². The van der Waals surface area contributed by atoms with Gasteiger partial charge in [0.15, 0.2) is 0 Å². The molecule has 0 atom stereocenters. The highest BCUT2D eigenvalue weighted by molar-refractivity contribution is 7.89. The van der Waals surface area contributed by atoms with Crippen LogP contribution in [0.1, 0.15) is 62.5 Å². The van der Waals surface area contributed by atoms with Crippen molar-refractivity contribution in [2.45, 2.75) is 69.7 Å². The van der Waals surface area contributed by atoms with E-state index in [-0.39, 0.29) is 11.7 Å². The molecule has 0 unspecified atom stereocenters. The Balaban J connectivity index is 1.23. The van der Waals surface area contributed by atoms with Crippen LogP contribution in [-0.4, -0.2) is 62.4 Å². The van der Waals surface area contributed by atoms with Crippen LogP contribution in [0.15, 0.2) is 23.2 Å². The number of anilines is 1. The summed E-state index contributed by atoms with van der Waals surface area (Å²) in [4.78, 5) is 20.0. The van der Waals surface area contributed by atoms with Gasteiger partial charge in [0.05, 0.1) is 5.75 Å². The Bertz CT molecular complexity index is 1040. The average Bonchev–Trinajstić information content (AvgIpc) is 3.14. The third kappa shape index (κ3) is 4.44. The van der Waals surface area contributed by atoms with E-state index in [0.717, 1.165) is 43.6 Å². The molecule has 1 spiro atoms. The van der Waals surface area contributed by atoms with E-state index in [1.165, 1.54) is 30.5 Å². The van der Waals surface area contributed by atoms with Gasteiger partial charge in [-0.1, -0.05) is 31.4 Å². The molecule has 1 aliphatic carbocycles. The number of hydrogen-bond donors (Lipinski definition) is 1. The summed E-state index contributed by atoms with van der Waals surface area (Å²) in [5.74, 6) is 1.30. The Morgan fingerprint density at radius 2 is 1.85 bits per heavy atom. The number of aliphatic imine (C=N–C) groups is 1. The van der Waals surface area contributed by atoms with Crippen LogP contribution >= 0.6 is 0 Å². The number of sulfonamides is 1. The van der Waals surface area contributed by atoms with Crippen molar-refractivity contribution < 1.29 is 13.2 Å². The molecule has 1 N–H and O–H groups in total. The molecule has 7 nitrogen and oxygen atoms in total. The molecular weight excluding hydrogens is 436 g/mol. The summed E-state index contributed by atoms with van der Waals surface area (Å²) >= 11 is 0. The maximum atomic E-state index is 13.2. The van der Waals surface area contributed by atoms with E-state index >= 15 is 0 Å². The quantitative estimate of drug-likeness (QED) is 0.714. The predicted octanol–water partition coefficient (Wildman–Crippen LogP) is 2.88. The fourth-order valence-corrected chi connectivity index (χ4v) is 7.54. The first kappa shape index (κ1) is 22.8. The summed E-state index contributed by atoms with van der Waals surface area (Å²) in [6.07, 6.45) is 9.43. The van der Waals surface area contributed by atoms with Gasteiger partial charge in [-0.15, -0.1) is 0 Å². The summed E-state index contributed by atoms with van der Waals surface area (Å²) < 4.78 is 27.9. The van der Waals surface area contributed by atoms with Gasteiger partial charge < -0.3 is 10.2 Å². The Kier molecular flexibility index (Phi) is 6.25. The number of rotatable bonds is 5. The van der Waals surface area contributed by atoms with Crippen molar-refractivity contribution in [1.82, 2.24) is 9.62 Å². The van der Waals surface area contributed by atoms with E-state index in [4.69, 9.17) is 4.99 Å². The molecule has 33 heavy (non-hydrogen) atoms. The van der Waals surface area contributed by atoms with Crippen molar-refractivity contribution in [3.63, 3.8) is 0 Å². The third-order valence-corrected chi connectivity index (χ3v) is 10.0. The zero-order valence-corrected chi connectivity index (χ0v) is 20.5. The molecule has 0 bridgehead atoms. The average molecular weight is 473 g/mol. The van der Waals surface area contributed by atoms with Crippen LogP contribution in [0.5, 0.6) is 0 Å². The van der Waals surface area contributed by atoms with Crippen LogP contribution in [0.25, 0.3) is 0 Å². The molecule has 4 aliphatic rings. The number of piperidine rings is 1. The molecule has 2 fully saturated rings. The van der Waals surface area contributed by atoms with Crippen molar-refractivity contribution in [2.24, 2.45) is 10.9 Å². The highest BCUT2D eigenvalue weighted by Gasteiger charge is 2.48. The number of benzene rings is 1. The number of nitrogens with zero attached hydrogens (tertiary/aromatic N) is 3. The highest BCUT2D eigenvalue weighted by atomic mass is 32.2. The number of amides is 1. The minimum Gasteiger partial charge on any atom is -0.374 e. The van der Waals surface area contributed by atoms with E-state index in [1.54, 1.807) is 4.31 Å². The third-order valence-electron chi connectivity index (χ3n) is 8.14. The molecule has 0 radical (unpaired) electrons. The van der Waals surface area contributed by atoms with Gasteiger partial charge in [-0.05, 0) is 62.1 Å². The summed E-state index contributed by atoms with van der Waals surface area (Å²) in [5, 5.41) is 3.06. The number of fused-ring (bicyclic) bond motifs is 1. The highest BCUT2D eigenvalue weighted by Crippen LogP contribution is 2.35. The lowest BCUT2D eigenvalue weighted by atomic mass is 9.88. The molecule has 1 saturated heterocycles. The van der Waals surface area contributed by atoms with E-state index in [2.05, 4.69) is 29.4 Å². The maximum Gasteiger partial charge on any atom is 0.253 e. The molecule has 1 saturated carbocycles. The fourth-order valence-electron chi connectivity index (χ4n) is 6.07. The van der Waals surface area contributed by atoms with Crippen molar-refractivity contribution >= 4 is 27.5 Å². The number of amidine groups is 1. The molecule has 1 aromatic rings. The van der Waals surface area contributed by atoms with Gasteiger partial charge in [0.2, 0.25) is 10.0 Å². The Hall–Kier alpha value is -1.93. The fraction of sp³-hybridized carbons (Fsp3) is 0.680. The molecule has 3 heterocycles. The first-order valence-corrected chi connectivity index (χ1v) is 14.2. The molecule has 180 valence electrons. The van der Waals surface area contributed by atoms with Crippen molar-refractivity contribution in [2.75, 3.05) is 37.3 Å². The van der Waals surface area contributed by atoms with Gasteiger partial charge in [0.1, 0.15) is 11.4 Å². The second-order valence-electron chi connectivity index (χ2n) is 10.2. The second kappa shape index (κ2) is 9.02. The van der Waals surface area contributed by atoms with Gasteiger partial charge in [-0.25, -0.2) is 12.7 Å². The number of aryl methyl sites for hydroxylation is 1. The number of hydrogen-bond acceptors (Lipinski definition) is 5. The first-order valence-electron chi connectivity index (χ1n) is 12.6. The smallest absolute Gasteiger partial charge is 0.253 e. The van der Waals surface area contributed by atoms with Crippen molar-refractivity contribution in [3.8, 4) is 0 Å². The first-order chi connectivity index (χ1) is 15.9. The SMILES string of the molecule is CN1CCCc2c(CCS(=O)(=O)N3CCC4(CC3)N=C(C3CCCCC3)NC4=O)cccc21. The largest absolute Gasteiger partial charge is 0.374 e. The molecule has 1 aromatic carbocycles. The van der Waals surface area contributed by atoms with Gasteiger partial charge >= 0.3 is 0 Å². The van der Waals surface area contributed by atoms with Crippen LogP contribution in [0, 0.1) is 5.92 Å². The zero-order chi connectivity index (χ0) is 23.1. The van der Waals surface area contributed by atoms with Gasteiger partial charge in [-0.3, -0.25) is 9.79 Å². The molecule has 5 rings (SSSR count). The van der Waals surface area contributed by atoms with Crippen molar-refractivity contribution in [1.29, 1.82) is 0 Å². The molecule has 3 aliphatic heterocycles. The lowest BCUT2D eigenvalue weighted by Gasteiger charge is -2.35. The van der Waals surface area contributed by atoms with Crippen LogP contribution in [0.4, 0.5) is 5.69 Å². The normalized spacial score (nSPS) is 24.0. The van der Waals surface area contributed by atoms with E-state index in [9.17, 15) is 13.2 Å². The van der Waals surface area contributed by atoms with Crippen LogP contribution < -0.4 is 10.2 Å². The van der Waals surface area contributed by atoms with Crippen LogP contribution in [0.3, 0.4) is 0 Å². The Labute approximate surface area is 197 Å². The molecule has 0 aromatic heterocycles. The number of nitrogens with one attached hydrogen (secondary N) is 1. The molecule has 1 amide bonds. The summed E-state index contributed by atoms with van der Waals surface area (Å²) in [5.41, 5.74) is 2.91. The summed E-state index contributed by atoms with van der Waals surface area (Å²) in [6.45, 7) is 1.78. The van der Waals surface area contributed by atoms with E-state index in [0.29, 0.717) is 38.3 Å². The Morgan fingerprint density at radius 3 is 2.61 bits per heavy atom. The Morgan fingerprint density at radius 1 is 1.09 bits per heavy atom. The topological polar surface area (TPSA) is 82.1 Å². The lowest BCUT2D eigenvalue weighted by Crippen LogP contribution is -2.51. The molecular formula is C25H36N4O3S. The minimum absolute atomic E-state index is 0.0276. The van der Waals surface area contributed by atoms with Gasteiger partial charge in [0.25, 0.3) is 5.91 Å². The lowest BCUT2D eigenvalue weighted by molar-refractivity contribution is -0.125. The number of carbonyl (C=O) groups is 1. The van der Waals surface area contributed by atoms with Gasteiger partial charge in [-0.2, -0.15) is 0 Å². The van der Waals surface area contributed by atoms with Crippen LogP contribution in [-0.2, 0) is 27.7 Å². The maximum absolute atomic E-state index is 13.2. The second-order valence-corrected chi connectivity index (χ2v) is 12.3. The molecule has 8 heteroatoms. The number of carbonyl (C=O) groups excluding carboxylic acids is 1. The monoisotopic (exact) mass is 472 g/mol.